The van der Waals surface area contributed by atoms with Crippen molar-refractivity contribution in [3.05, 3.63) is 122 Å². The molecule has 0 aliphatic rings. The molecule has 2 aromatic heterocycles. The maximum Gasteiger partial charge on any atom is 0.253 e. The summed E-state index contributed by atoms with van der Waals surface area (Å²) in [7, 11) is 0. The lowest BCUT2D eigenvalue weighted by molar-refractivity contribution is 0.184. The number of hydrogen-bond donors (Lipinski definition) is 1. The van der Waals surface area contributed by atoms with Gasteiger partial charge in [-0.3, -0.25) is 9.69 Å². The molecule has 0 amide bonds. The minimum absolute atomic E-state index is 0.165. The number of tetrazole rings is 1. The molecule has 0 fully saturated rings. The van der Waals surface area contributed by atoms with Crippen molar-refractivity contribution in [3.8, 4) is 0 Å². The first-order valence-corrected chi connectivity index (χ1v) is 13.4. The van der Waals surface area contributed by atoms with E-state index in [0.29, 0.717) is 29.5 Å². The normalized spacial score (nSPS) is 12.8. The standard InChI is InChI=1S/C31H33ClN6O/c1-20-15-16-21(2)27-24(20)17-25(30(39)33-27)28(29-34-35-36-38(29)31(3,4)5)37(18-22-11-7-6-8-12-22)19-23-13-9-10-14-26(23)32/h6-17,28H,18-19H2,1-5H3,(H,33,39)/t28-/m1/s1. The van der Waals surface area contributed by atoms with Gasteiger partial charge in [0, 0.05) is 29.1 Å². The number of nitrogens with one attached hydrogen (secondary N) is 1. The summed E-state index contributed by atoms with van der Waals surface area (Å²) in [4.78, 5) is 19.3. The number of fused-ring (bicyclic) bond motifs is 1. The lowest BCUT2D eigenvalue weighted by atomic mass is 9.98. The highest BCUT2D eigenvalue weighted by molar-refractivity contribution is 6.31. The van der Waals surface area contributed by atoms with Crippen LogP contribution in [0.15, 0.2) is 77.6 Å². The van der Waals surface area contributed by atoms with Crippen molar-refractivity contribution in [1.29, 1.82) is 0 Å². The summed E-state index contributed by atoms with van der Waals surface area (Å²) in [6, 6.07) is 23.6. The predicted molar refractivity (Wildman–Crippen MR) is 156 cm³/mol. The van der Waals surface area contributed by atoms with E-state index in [1.807, 2.05) is 66.2 Å². The quantitative estimate of drug-likeness (QED) is 0.261. The fourth-order valence-corrected chi connectivity index (χ4v) is 5.23. The molecule has 2 heterocycles. The van der Waals surface area contributed by atoms with Crippen molar-refractivity contribution in [2.45, 2.75) is 59.3 Å². The lowest BCUT2D eigenvalue weighted by Gasteiger charge is -2.33. The first-order valence-electron chi connectivity index (χ1n) is 13.1. The van der Waals surface area contributed by atoms with Gasteiger partial charge in [0.1, 0.15) is 6.04 Å². The Kier molecular flexibility index (Phi) is 7.38. The SMILES string of the molecule is Cc1ccc(C)c2[nH]c(=O)c([C@H](c3nnnn3C(C)(C)C)N(Cc3ccccc3)Cc3ccccc3Cl)cc12. The van der Waals surface area contributed by atoms with Crippen LogP contribution in [0.1, 0.15) is 60.5 Å². The summed E-state index contributed by atoms with van der Waals surface area (Å²) in [6.45, 7) is 11.3. The Labute approximate surface area is 233 Å². The molecule has 0 bridgehead atoms. The van der Waals surface area contributed by atoms with Crippen molar-refractivity contribution in [3.63, 3.8) is 0 Å². The molecule has 8 heteroatoms. The molecule has 0 aliphatic carbocycles. The van der Waals surface area contributed by atoms with Gasteiger partial charge in [-0.15, -0.1) is 5.10 Å². The van der Waals surface area contributed by atoms with Gasteiger partial charge >= 0.3 is 0 Å². The Morgan fingerprint density at radius 2 is 1.64 bits per heavy atom. The number of rotatable bonds is 7. The van der Waals surface area contributed by atoms with Crippen LogP contribution in [0.2, 0.25) is 5.02 Å². The Balaban J connectivity index is 1.77. The Morgan fingerprint density at radius 1 is 0.949 bits per heavy atom. The molecule has 0 aliphatic heterocycles. The van der Waals surface area contributed by atoms with Crippen LogP contribution in [0.5, 0.6) is 0 Å². The van der Waals surface area contributed by atoms with Gasteiger partial charge in [0.05, 0.1) is 11.1 Å². The third kappa shape index (κ3) is 5.51. The molecule has 1 N–H and O–H groups in total. The van der Waals surface area contributed by atoms with E-state index in [1.165, 1.54) is 0 Å². The van der Waals surface area contributed by atoms with Gasteiger partial charge in [-0.2, -0.15) is 0 Å². The van der Waals surface area contributed by atoms with Crippen LogP contribution in [0.4, 0.5) is 0 Å². The van der Waals surface area contributed by atoms with E-state index in [0.717, 1.165) is 33.2 Å². The van der Waals surface area contributed by atoms with E-state index in [1.54, 1.807) is 0 Å². The van der Waals surface area contributed by atoms with E-state index < -0.39 is 11.6 Å². The number of aryl methyl sites for hydroxylation is 2. The van der Waals surface area contributed by atoms with Gasteiger partial charge in [-0.05, 0) is 79.4 Å². The van der Waals surface area contributed by atoms with Crippen LogP contribution < -0.4 is 5.56 Å². The highest BCUT2D eigenvalue weighted by atomic mass is 35.5. The van der Waals surface area contributed by atoms with E-state index in [4.69, 9.17) is 11.6 Å². The monoisotopic (exact) mass is 540 g/mol. The average Bonchev–Trinajstić information content (AvgIpc) is 3.39. The number of halogens is 1. The summed E-state index contributed by atoms with van der Waals surface area (Å²) < 4.78 is 1.81. The van der Waals surface area contributed by atoms with Crippen molar-refractivity contribution >= 4 is 22.5 Å². The average molecular weight is 541 g/mol. The van der Waals surface area contributed by atoms with Gasteiger partial charge in [0.25, 0.3) is 5.56 Å². The van der Waals surface area contributed by atoms with Gasteiger partial charge in [0.15, 0.2) is 5.82 Å². The van der Waals surface area contributed by atoms with Crippen molar-refractivity contribution in [1.82, 2.24) is 30.1 Å². The number of nitrogens with zero attached hydrogens (tertiary/aromatic N) is 5. The fraction of sp³-hybridized carbons (Fsp3) is 0.290. The lowest BCUT2D eigenvalue weighted by Crippen LogP contribution is -2.37. The zero-order valence-corrected chi connectivity index (χ0v) is 23.7. The molecule has 0 spiro atoms. The van der Waals surface area contributed by atoms with Crippen molar-refractivity contribution < 1.29 is 0 Å². The maximum absolute atomic E-state index is 13.9. The van der Waals surface area contributed by atoms with E-state index in [2.05, 4.69) is 71.3 Å². The summed E-state index contributed by atoms with van der Waals surface area (Å²) in [5, 5.41) is 14.6. The maximum atomic E-state index is 13.9. The second-order valence-corrected chi connectivity index (χ2v) is 11.5. The van der Waals surface area contributed by atoms with Crippen LogP contribution in [0.25, 0.3) is 10.9 Å². The number of hydrogen-bond acceptors (Lipinski definition) is 5. The molecule has 200 valence electrons. The van der Waals surface area contributed by atoms with E-state index in [-0.39, 0.29) is 5.56 Å². The Hall–Kier alpha value is -3.81. The van der Waals surface area contributed by atoms with Gasteiger partial charge in [-0.1, -0.05) is 72.3 Å². The van der Waals surface area contributed by atoms with E-state index in [9.17, 15) is 4.79 Å². The smallest absolute Gasteiger partial charge is 0.253 e. The molecule has 3 aromatic carbocycles. The van der Waals surface area contributed by atoms with Gasteiger partial charge in [0.2, 0.25) is 0 Å². The number of H-pyrrole nitrogens is 1. The molecular weight excluding hydrogens is 508 g/mol. The summed E-state index contributed by atoms with van der Waals surface area (Å²) in [5.74, 6) is 0.598. The Bertz CT molecular complexity index is 1670. The van der Waals surface area contributed by atoms with Crippen LogP contribution >= 0.6 is 11.6 Å². The highest BCUT2D eigenvalue weighted by Gasteiger charge is 2.34. The van der Waals surface area contributed by atoms with Gasteiger partial charge in [-0.25, -0.2) is 4.68 Å². The second-order valence-electron chi connectivity index (χ2n) is 11.0. The molecule has 0 radical (unpaired) electrons. The largest absolute Gasteiger partial charge is 0.321 e. The molecule has 5 aromatic rings. The summed E-state index contributed by atoms with van der Waals surface area (Å²) >= 11 is 6.66. The Morgan fingerprint density at radius 3 is 2.36 bits per heavy atom. The minimum Gasteiger partial charge on any atom is -0.321 e. The first kappa shape index (κ1) is 26.8. The van der Waals surface area contributed by atoms with Crippen LogP contribution in [0, 0.1) is 13.8 Å². The molecule has 5 rings (SSSR count). The molecule has 0 saturated carbocycles. The van der Waals surface area contributed by atoms with Gasteiger partial charge < -0.3 is 4.98 Å². The molecule has 39 heavy (non-hydrogen) atoms. The minimum atomic E-state index is -0.552. The number of pyridine rings is 1. The topological polar surface area (TPSA) is 79.7 Å². The number of aromatic nitrogens is 5. The zero-order chi connectivity index (χ0) is 27.7. The third-order valence-corrected chi connectivity index (χ3v) is 7.43. The predicted octanol–water partition coefficient (Wildman–Crippen LogP) is 6.33. The van der Waals surface area contributed by atoms with Crippen LogP contribution in [-0.2, 0) is 18.6 Å². The summed E-state index contributed by atoms with van der Waals surface area (Å²) in [5.41, 5.74) is 5.03. The summed E-state index contributed by atoms with van der Waals surface area (Å²) in [6.07, 6.45) is 0. The zero-order valence-electron chi connectivity index (χ0n) is 22.9. The molecular formula is C31H33ClN6O. The first-order chi connectivity index (χ1) is 18.6. The molecule has 0 saturated heterocycles. The van der Waals surface area contributed by atoms with Crippen molar-refractivity contribution in [2.75, 3.05) is 0 Å². The molecule has 7 nitrogen and oxygen atoms in total. The van der Waals surface area contributed by atoms with Crippen LogP contribution in [-0.4, -0.2) is 30.1 Å². The van der Waals surface area contributed by atoms with Crippen LogP contribution in [0.3, 0.4) is 0 Å². The highest BCUT2D eigenvalue weighted by Crippen LogP contribution is 2.33. The number of aromatic amines is 1. The number of benzene rings is 3. The molecule has 0 unspecified atom stereocenters. The van der Waals surface area contributed by atoms with E-state index >= 15 is 0 Å². The fourth-order valence-electron chi connectivity index (χ4n) is 5.04. The molecule has 1 atom stereocenters. The van der Waals surface area contributed by atoms with Crippen molar-refractivity contribution in [2.24, 2.45) is 0 Å². The second kappa shape index (κ2) is 10.8. The third-order valence-electron chi connectivity index (χ3n) is 7.07.